The van der Waals surface area contributed by atoms with E-state index in [1.165, 1.54) is 7.11 Å². The van der Waals surface area contributed by atoms with Crippen molar-refractivity contribution < 1.29 is 23.9 Å². The summed E-state index contributed by atoms with van der Waals surface area (Å²) in [5.41, 5.74) is 1.77. The van der Waals surface area contributed by atoms with Crippen LogP contribution in [0.4, 0.5) is 10.5 Å². The van der Waals surface area contributed by atoms with E-state index in [0.717, 1.165) is 22.3 Å². The van der Waals surface area contributed by atoms with Gasteiger partial charge in [0.25, 0.3) is 11.1 Å². The minimum atomic E-state index is -0.483. The second-order valence-electron chi connectivity index (χ2n) is 7.87. The number of carbonyl (C=O) groups is 3. The Morgan fingerprint density at radius 1 is 1.09 bits per heavy atom. The highest BCUT2D eigenvalue weighted by atomic mass is 32.2. The largest absolute Gasteiger partial charge is 0.493 e. The molecule has 4 rings (SSSR count). The molecule has 3 amide bonds. The highest BCUT2D eigenvalue weighted by Gasteiger charge is 2.37. The first-order valence-corrected chi connectivity index (χ1v) is 11.9. The van der Waals surface area contributed by atoms with Gasteiger partial charge in [0.2, 0.25) is 5.91 Å². The van der Waals surface area contributed by atoms with Gasteiger partial charge in [-0.2, -0.15) is 0 Å². The number of terminal acetylenes is 1. The number of methoxy groups -OCH3 is 1. The summed E-state index contributed by atoms with van der Waals surface area (Å²) >= 11 is 0.815. The number of amides is 3. The zero-order chi connectivity index (χ0) is 24.8. The van der Waals surface area contributed by atoms with Crippen molar-refractivity contribution in [1.29, 1.82) is 0 Å². The minimum Gasteiger partial charge on any atom is -0.493 e. The number of carbonyl (C=O) groups excluding carboxylic acids is 3. The number of anilines is 1. The van der Waals surface area contributed by atoms with Gasteiger partial charge in [0.1, 0.15) is 13.2 Å². The Labute approximate surface area is 208 Å². The van der Waals surface area contributed by atoms with Crippen molar-refractivity contribution >= 4 is 40.6 Å². The number of piperazine rings is 1. The van der Waals surface area contributed by atoms with E-state index in [1.54, 1.807) is 29.2 Å². The Kier molecular flexibility index (Phi) is 7.63. The molecule has 35 heavy (non-hydrogen) atoms. The van der Waals surface area contributed by atoms with E-state index in [9.17, 15) is 14.4 Å². The molecule has 2 heterocycles. The predicted molar refractivity (Wildman–Crippen MR) is 135 cm³/mol. The minimum absolute atomic E-state index is 0.101. The van der Waals surface area contributed by atoms with Crippen LogP contribution in [0.15, 0.2) is 53.4 Å². The molecule has 2 fully saturated rings. The fraction of sp³-hybridized carbons (Fsp3) is 0.269. The van der Waals surface area contributed by atoms with Gasteiger partial charge in [-0.15, -0.1) is 6.42 Å². The molecule has 180 valence electrons. The van der Waals surface area contributed by atoms with Crippen LogP contribution in [0.5, 0.6) is 11.5 Å². The molecule has 8 nitrogen and oxygen atoms in total. The zero-order valence-electron chi connectivity index (χ0n) is 19.3. The number of imide groups is 1. The SMILES string of the molecule is C#CCOc1ccc(/C=C2\SC(=O)N(CC(=O)N3CCN(c4ccccc4)CC3)C2=O)cc1OC. The molecule has 0 unspecified atom stereocenters. The first kappa shape index (κ1) is 24.2. The molecule has 2 aliphatic heterocycles. The molecule has 0 aliphatic carbocycles. The molecule has 0 radical (unpaired) electrons. The molecule has 0 saturated carbocycles. The second-order valence-corrected chi connectivity index (χ2v) is 8.87. The molecule has 0 spiro atoms. The van der Waals surface area contributed by atoms with E-state index in [4.69, 9.17) is 15.9 Å². The number of hydrogen-bond donors (Lipinski definition) is 0. The maximum absolute atomic E-state index is 12.9. The maximum Gasteiger partial charge on any atom is 0.294 e. The van der Waals surface area contributed by atoms with Crippen molar-refractivity contribution in [2.24, 2.45) is 0 Å². The normalized spacial score (nSPS) is 17.0. The Morgan fingerprint density at radius 3 is 2.51 bits per heavy atom. The lowest BCUT2D eigenvalue weighted by Gasteiger charge is -2.36. The first-order chi connectivity index (χ1) is 17.0. The van der Waals surface area contributed by atoms with Crippen molar-refractivity contribution in [3.05, 3.63) is 59.0 Å². The van der Waals surface area contributed by atoms with Crippen molar-refractivity contribution in [2.75, 3.05) is 51.3 Å². The summed E-state index contributed by atoms with van der Waals surface area (Å²) in [5.74, 6) is 2.61. The Morgan fingerprint density at radius 2 is 1.83 bits per heavy atom. The molecular formula is C26H25N3O5S. The van der Waals surface area contributed by atoms with Gasteiger partial charge in [-0.3, -0.25) is 19.3 Å². The Hall–Kier alpha value is -3.90. The zero-order valence-corrected chi connectivity index (χ0v) is 20.1. The molecule has 0 atom stereocenters. The molecular weight excluding hydrogens is 466 g/mol. The third kappa shape index (κ3) is 5.61. The summed E-state index contributed by atoms with van der Waals surface area (Å²) in [6.07, 6.45) is 6.83. The van der Waals surface area contributed by atoms with Crippen LogP contribution in [0.3, 0.4) is 0 Å². The van der Waals surface area contributed by atoms with E-state index >= 15 is 0 Å². The molecule has 0 N–H and O–H groups in total. The quantitative estimate of drug-likeness (QED) is 0.435. The second kappa shape index (κ2) is 11.0. The lowest BCUT2D eigenvalue weighted by Crippen LogP contribution is -2.51. The lowest BCUT2D eigenvalue weighted by atomic mass is 10.2. The number of nitrogens with zero attached hydrogens (tertiary/aromatic N) is 3. The van der Waals surface area contributed by atoms with Gasteiger partial charge in [-0.05, 0) is 47.7 Å². The van der Waals surface area contributed by atoms with Crippen LogP contribution in [0, 0.1) is 12.3 Å². The van der Waals surface area contributed by atoms with Crippen LogP contribution in [0.1, 0.15) is 5.56 Å². The molecule has 0 bridgehead atoms. The summed E-state index contributed by atoms with van der Waals surface area (Å²) in [5, 5.41) is -0.460. The fourth-order valence-electron chi connectivity index (χ4n) is 3.89. The van der Waals surface area contributed by atoms with Crippen molar-refractivity contribution in [3.63, 3.8) is 0 Å². The van der Waals surface area contributed by atoms with Gasteiger partial charge in [0.05, 0.1) is 12.0 Å². The van der Waals surface area contributed by atoms with Gasteiger partial charge in [0.15, 0.2) is 11.5 Å². The monoisotopic (exact) mass is 491 g/mol. The molecule has 2 saturated heterocycles. The Bertz CT molecular complexity index is 1180. The van der Waals surface area contributed by atoms with Crippen LogP contribution in [0.2, 0.25) is 0 Å². The van der Waals surface area contributed by atoms with Gasteiger partial charge < -0.3 is 19.3 Å². The maximum atomic E-state index is 12.9. The van der Waals surface area contributed by atoms with Crippen LogP contribution in [0.25, 0.3) is 6.08 Å². The standard InChI is InChI=1S/C26H25N3O5S/c1-3-15-34-21-10-9-19(16-22(21)33-2)17-23-25(31)29(26(32)35-23)18-24(30)28-13-11-27(12-14-28)20-7-5-4-6-8-20/h1,4-10,16-17H,11-15,18H2,2H3/b23-17-. The van der Waals surface area contributed by atoms with Crippen LogP contribution < -0.4 is 14.4 Å². The van der Waals surface area contributed by atoms with Crippen molar-refractivity contribution in [3.8, 4) is 23.8 Å². The molecule has 2 aromatic rings. The predicted octanol–water partition coefficient (Wildman–Crippen LogP) is 3.09. The highest BCUT2D eigenvalue weighted by Crippen LogP contribution is 2.34. The van der Waals surface area contributed by atoms with Gasteiger partial charge in [-0.1, -0.05) is 30.2 Å². The number of para-hydroxylation sites is 1. The Balaban J connectivity index is 1.38. The fourth-order valence-corrected chi connectivity index (χ4v) is 4.73. The molecule has 2 aromatic carbocycles. The number of thioether (sulfide) groups is 1. The smallest absolute Gasteiger partial charge is 0.294 e. The summed E-state index contributed by atoms with van der Waals surface area (Å²) in [4.78, 5) is 43.4. The van der Waals surface area contributed by atoms with Gasteiger partial charge >= 0.3 is 0 Å². The van der Waals surface area contributed by atoms with E-state index in [0.29, 0.717) is 43.2 Å². The number of rotatable bonds is 7. The number of benzene rings is 2. The summed E-state index contributed by atoms with van der Waals surface area (Å²) in [7, 11) is 1.50. The van der Waals surface area contributed by atoms with Crippen molar-refractivity contribution in [2.45, 2.75) is 0 Å². The number of ether oxygens (including phenoxy) is 2. The third-order valence-electron chi connectivity index (χ3n) is 5.72. The summed E-state index contributed by atoms with van der Waals surface area (Å²) < 4.78 is 10.8. The van der Waals surface area contributed by atoms with E-state index in [1.807, 2.05) is 30.3 Å². The van der Waals surface area contributed by atoms with Gasteiger partial charge in [0, 0.05) is 31.9 Å². The summed E-state index contributed by atoms with van der Waals surface area (Å²) in [6.45, 7) is 2.29. The van der Waals surface area contributed by atoms with E-state index < -0.39 is 11.1 Å². The van der Waals surface area contributed by atoms with Crippen molar-refractivity contribution in [1.82, 2.24) is 9.80 Å². The van der Waals surface area contributed by atoms with Gasteiger partial charge in [-0.25, -0.2) is 0 Å². The van der Waals surface area contributed by atoms with E-state index in [-0.39, 0.29) is 24.0 Å². The van der Waals surface area contributed by atoms with E-state index in [2.05, 4.69) is 10.8 Å². The van der Waals surface area contributed by atoms with Crippen LogP contribution in [-0.2, 0) is 9.59 Å². The lowest BCUT2D eigenvalue weighted by molar-refractivity contribution is -0.136. The van der Waals surface area contributed by atoms with Crippen LogP contribution in [-0.4, -0.2) is 73.3 Å². The first-order valence-electron chi connectivity index (χ1n) is 11.1. The number of hydrogen-bond acceptors (Lipinski definition) is 7. The third-order valence-corrected chi connectivity index (χ3v) is 6.62. The average Bonchev–Trinajstić information content (AvgIpc) is 3.15. The molecule has 9 heteroatoms. The average molecular weight is 492 g/mol. The summed E-state index contributed by atoms with van der Waals surface area (Å²) in [6, 6.07) is 15.1. The molecule has 0 aromatic heterocycles. The highest BCUT2D eigenvalue weighted by molar-refractivity contribution is 8.18. The van der Waals surface area contributed by atoms with Crippen LogP contribution >= 0.6 is 11.8 Å². The molecule has 2 aliphatic rings. The topological polar surface area (TPSA) is 79.4 Å².